The minimum Gasteiger partial charge on any atom is -0.391 e. The molecule has 2 atom stereocenters. The summed E-state index contributed by atoms with van der Waals surface area (Å²) in [6, 6.07) is 5.73. The zero-order chi connectivity index (χ0) is 13.1. The van der Waals surface area contributed by atoms with Gasteiger partial charge in [-0.25, -0.2) is 4.98 Å². The third kappa shape index (κ3) is 2.61. The van der Waals surface area contributed by atoms with Crippen LogP contribution in [0.4, 0.5) is 5.82 Å². The molecule has 2 unspecified atom stereocenters. The van der Waals surface area contributed by atoms with Gasteiger partial charge in [0.05, 0.1) is 24.0 Å². The van der Waals surface area contributed by atoms with E-state index in [1.807, 2.05) is 13.0 Å². The molecule has 1 aliphatic heterocycles. The summed E-state index contributed by atoms with van der Waals surface area (Å²) in [6.07, 6.45) is -0.677. The highest BCUT2D eigenvalue weighted by Gasteiger charge is 2.25. The van der Waals surface area contributed by atoms with Gasteiger partial charge >= 0.3 is 0 Å². The Morgan fingerprint density at radius 3 is 3.00 bits per heavy atom. The van der Waals surface area contributed by atoms with E-state index in [-0.39, 0.29) is 6.10 Å². The summed E-state index contributed by atoms with van der Waals surface area (Å²) < 4.78 is 5.49. The van der Waals surface area contributed by atoms with Gasteiger partial charge in [0.1, 0.15) is 18.0 Å². The van der Waals surface area contributed by atoms with Crippen LogP contribution in [-0.2, 0) is 4.74 Å². The highest BCUT2D eigenvalue weighted by molar-refractivity contribution is 5.45. The van der Waals surface area contributed by atoms with Gasteiger partial charge in [-0.3, -0.25) is 0 Å². The standard InChI is InChI=1S/C13H17N3O2/c1-9-11(7-14)3-4-13(15-9)16-5-6-18-12(8-16)10(2)17/h3-4,10,12,17H,5-6,8H2,1-2H3. The molecule has 18 heavy (non-hydrogen) atoms. The Labute approximate surface area is 107 Å². The van der Waals surface area contributed by atoms with E-state index in [1.54, 1.807) is 13.0 Å². The van der Waals surface area contributed by atoms with E-state index in [4.69, 9.17) is 10.00 Å². The van der Waals surface area contributed by atoms with Gasteiger partial charge in [-0.15, -0.1) is 0 Å². The van der Waals surface area contributed by atoms with Gasteiger partial charge in [0, 0.05) is 13.1 Å². The first-order chi connectivity index (χ1) is 8.61. The molecule has 1 fully saturated rings. The number of nitrogens with zero attached hydrogens (tertiary/aromatic N) is 3. The molecule has 1 saturated heterocycles. The zero-order valence-electron chi connectivity index (χ0n) is 10.6. The maximum atomic E-state index is 9.56. The molecule has 1 aromatic heterocycles. The largest absolute Gasteiger partial charge is 0.391 e. The second-order valence-corrected chi connectivity index (χ2v) is 4.51. The quantitative estimate of drug-likeness (QED) is 0.839. The minimum atomic E-state index is -0.493. The molecule has 1 N–H and O–H groups in total. The van der Waals surface area contributed by atoms with Crippen LogP contribution in [0.15, 0.2) is 12.1 Å². The number of hydrogen-bond acceptors (Lipinski definition) is 5. The number of anilines is 1. The van der Waals surface area contributed by atoms with Crippen molar-refractivity contribution < 1.29 is 9.84 Å². The van der Waals surface area contributed by atoms with E-state index < -0.39 is 6.10 Å². The fourth-order valence-electron chi connectivity index (χ4n) is 2.02. The van der Waals surface area contributed by atoms with Gasteiger partial charge in [-0.1, -0.05) is 0 Å². The van der Waals surface area contributed by atoms with Crippen molar-refractivity contribution in [3.8, 4) is 6.07 Å². The van der Waals surface area contributed by atoms with Gasteiger partial charge in [-0.05, 0) is 26.0 Å². The van der Waals surface area contributed by atoms with Crippen molar-refractivity contribution in [3.63, 3.8) is 0 Å². The van der Waals surface area contributed by atoms with Gasteiger partial charge in [0.2, 0.25) is 0 Å². The molecule has 2 rings (SSSR count). The Morgan fingerprint density at radius 2 is 2.39 bits per heavy atom. The van der Waals surface area contributed by atoms with Crippen molar-refractivity contribution in [2.75, 3.05) is 24.6 Å². The lowest BCUT2D eigenvalue weighted by Crippen LogP contribution is -2.47. The molecule has 0 aromatic carbocycles. The molecule has 1 aromatic rings. The van der Waals surface area contributed by atoms with Gasteiger partial charge in [0.15, 0.2) is 0 Å². The lowest BCUT2D eigenvalue weighted by molar-refractivity contribution is -0.0366. The van der Waals surface area contributed by atoms with Crippen LogP contribution in [0.3, 0.4) is 0 Å². The van der Waals surface area contributed by atoms with Crippen molar-refractivity contribution in [3.05, 3.63) is 23.4 Å². The summed E-state index contributed by atoms with van der Waals surface area (Å²) >= 11 is 0. The number of nitriles is 1. The number of aromatic nitrogens is 1. The second-order valence-electron chi connectivity index (χ2n) is 4.51. The molecule has 96 valence electrons. The fraction of sp³-hybridized carbons (Fsp3) is 0.538. The van der Waals surface area contributed by atoms with E-state index in [0.717, 1.165) is 18.1 Å². The first-order valence-electron chi connectivity index (χ1n) is 6.04. The third-order valence-corrected chi connectivity index (χ3v) is 3.15. The lowest BCUT2D eigenvalue weighted by Gasteiger charge is -2.35. The number of aryl methyl sites for hydroxylation is 1. The summed E-state index contributed by atoms with van der Waals surface area (Å²) in [6.45, 7) is 5.51. The van der Waals surface area contributed by atoms with Crippen LogP contribution in [0.25, 0.3) is 0 Å². The summed E-state index contributed by atoms with van der Waals surface area (Å²) in [5, 5.41) is 18.4. The molecule has 0 amide bonds. The Hall–Kier alpha value is -1.64. The van der Waals surface area contributed by atoms with E-state index in [9.17, 15) is 5.11 Å². The predicted molar refractivity (Wildman–Crippen MR) is 67.3 cm³/mol. The highest BCUT2D eigenvalue weighted by atomic mass is 16.5. The lowest BCUT2D eigenvalue weighted by atomic mass is 10.1. The predicted octanol–water partition coefficient (Wildman–Crippen LogP) is 0.848. The van der Waals surface area contributed by atoms with Gasteiger partial charge in [0.25, 0.3) is 0 Å². The molecule has 5 heteroatoms. The molecule has 2 heterocycles. The summed E-state index contributed by atoms with van der Waals surface area (Å²) in [7, 11) is 0. The van der Waals surface area contributed by atoms with Crippen molar-refractivity contribution in [1.82, 2.24) is 4.98 Å². The summed E-state index contributed by atoms with van der Waals surface area (Å²) in [5.41, 5.74) is 1.33. The minimum absolute atomic E-state index is 0.184. The molecule has 0 spiro atoms. The molecular formula is C13H17N3O2. The highest BCUT2D eigenvalue weighted by Crippen LogP contribution is 2.18. The molecule has 0 radical (unpaired) electrons. The Morgan fingerprint density at radius 1 is 1.61 bits per heavy atom. The number of ether oxygens (including phenoxy) is 1. The summed E-state index contributed by atoms with van der Waals surface area (Å²) in [5.74, 6) is 0.834. The van der Waals surface area contributed by atoms with Crippen LogP contribution in [0.2, 0.25) is 0 Å². The molecule has 0 aliphatic carbocycles. The first-order valence-corrected chi connectivity index (χ1v) is 6.04. The number of hydrogen-bond donors (Lipinski definition) is 1. The Bertz CT molecular complexity index is 468. The van der Waals surface area contributed by atoms with Gasteiger partial charge in [-0.2, -0.15) is 5.26 Å². The molecule has 0 bridgehead atoms. The first kappa shape index (κ1) is 12.8. The second kappa shape index (κ2) is 5.34. The Balaban J connectivity index is 2.16. The smallest absolute Gasteiger partial charge is 0.129 e. The monoisotopic (exact) mass is 247 g/mol. The van der Waals surface area contributed by atoms with Crippen LogP contribution < -0.4 is 4.90 Å². The van der Waals surface area contributed by atoms with Crippen LogP contribution in [0.5, 0.6) is 0 Å². The number of aliphatic hydroxyl groups excluding tert-OH is 1. The normalized spacial score (nSPS) is 21.4. The van der Waals surface area contributed by atoms with E-state index in [2.05, 4.69) is 16.0 Å². The van der Waals surface area contributed by atoms with E-state index >= 15 is 0 Å². The van der Waals surface area contributed by atoms with Crippen molar-refractivity contribution in [1.29, 1.82) is 5.26 Å². The van der Waals surface area contributed by atoms with Gasteiger partial charge < -0.3 is 14.7 Å². The van der Waals surface area contributed by atoms with Crippen molar-refractivity contribution in [2.45, 2.75) is 26.1 Å². The zero-order valence-corrected chi connectivity index (χ0v) is 10.6. The third-order valence-electron chi connectivity index (χ3n) is 3.15. The van der Waals surface area contributed by atoms with Crippen molar-refractivity contribution >= 4 is 5.82 Å². The number of morpholine rings is 1. The summed E-state index contributed by atoms with van der Waals surface area (Å²) in [4.78, 5) is 6.51. The Kier molecular flexibility index (Phi) is 3.80. The van der Waals surface area contributed by atoms with E-state index in [0.29, 0.717) is 18.7 Å². The average molecular weight is 247 g/mol. The van der Waals surface area contributed by atoms with Crippen molar-refractivity contribution in [2.24, 2.45) is 0 Å². The molecule has 5 nitrogen and oxygen atoms in total. The van der Waals surface area contributed by atoms with Crippen LogP contribution in [0, 0.1) is 18.3 Å². The fourth-order valence-corrected chi connectivity index (χ4v) is 2.02. The van der Waals surface area contributed by atoms with Crippen LogP contribution in [0.1, 0.15) is 18.2 Å². The maximum absolute atomic E-state index is 9.56. The molecule has 1 aliphatic rings. The number of aliphatic hydroxyl groups is 1. The maximum Gasteiger partial charge on any atom is 0.129 e. The number of rotatable bonds is 2. The molecular weight excluding hydrogens is 230 g/mol. The van der Waals surface area contributed by atoms with Crippen LogP contribution in [-0.4, -0.2) is 42.0 Å². The van der Waals surface area contributed by atoms with Crippen LogP contribution >= 0.6 is 0 Å². The molecule has 0 saturated carbocycles. The van der Waals surface area contributed by atoms with E-state index in [1.165, 1.54) is 0 Å². The topological polar surface area (TPSA) is 69.4 Å². The number of pyridine rings is 1. The SMILES string of the molecule is Cc1nc(N2CCOC(C(C)O)C2)ccc1C#N. The average Bonchev–Trinajstić information content (AvgIpc) is 2.38.